The van der Waals surface area contributed by atoms with E-state index in [1.807, 2.05) is 12.1 Å². The van der Waals surface area contributed by atoms with E-state index >= 15 is 0 Å². The Morgan fingerprint density at radius 3 is 2.61 bits per heavy atom. The minimum atomic E-state index is -3.85. The van der Waals surface area contributed by atoms with Gasteiger partial charge in [0.05, 0.1) is 11.1 Å². The topological polar surface area (TPSA) is 79.0 Å². The highest BCUT2D eigenvalue weighted by atomic mass is 35.5. The number of piperazine rings is 1. The predicted octanol–water partition coefficient (Wildman–Crippen LogP) is 3.06. The largest absolute Gasteiger partial charge is 0.377 e. The van der Waals surface area contributed by atoms with E-state index < -0.39 is 10.0 Å². The van der Waals surface area contributed by atoms with Crippen molar-refractivity contribution in [1.82, 2.24) is 14.5 Å². The van der Waals surface area contributed by atoms with Crippen molar-refractivity contribution in [2.75, 3.05) is 39.3 Å². The molecule has 2 aliphatic heterocycles. The number of aryl methyl sites for hydroxylation is 1. The van der Waals surface area contributed by atoms with Gasteiger partial charge in [-0.05, 0) is 49.1 Å². The molecule has 1 N–H and O–H groups in total. The molecule has 178 valence electrons. The van der Waals surface area contributed by atoms with Crippen LogP contribution in [0.5, 0.6) is 0 Å². The number of benzene rings is 2. The lowest BCUT2D eigenvalue weighted by atomic mass is 10.1. The van der Waals surface area contributed by atoms with Crippen molar-refractivity contribution in [1.29, 1.82) is 0 Å². The smallest absolute Gasteiger partial charge is 0.253 e. The zero-order chi connectivity index (χ0) is 23.4. The molecule has 0 aliphatic carbocycles. The number of rotatable bonds is 7. The Hall–Kier alpha value is -1.97. The van der Waals surface area contributed by atoms with Crippen LogP contribution in [0.25, 0.3) is 0 Å². The second kappa shape index (κ2) is 10.5. The number of nitrogens with zero attached hydrogens (tertiary/aromatic N) is 2. The van der Waals surface area contributed by atoms with Crippen LogP contribution in [0.15, 0.2) is 47.4 Å². The molecule has 33 heavy (non-hydrogen) atoms. The highest BCUT2D eigenvalue weighted by Crippen LogP contribution is 2.24. The average molecular weight is 492 g/mol. The standard InChI is InChI=1S/C24H30ClN3O4S/c1-18-5-2-3-6-20(18)17-27-10-12-28(13-11-27)24(29)19-8-9-22(25)23(15-19)33(30,31)26-16-21-7-4-14-32-21/h2-3,5-6,8-9,15,21,26H,4,7,10-14,16-17H2,1H3. The molecule has 2 heterocycles. The van der Waals surface area contributed by atoms with Gasteiger partial charge in [-0.25, -0.2) is 13.1 Å². The summed E-state index contributed by atoms with van der Waals surface area (Å²) >= 11 is 6.19. The number of carbonyl (C=O) groups is 1. The normalized spacial score (nSPS) is 19.7. The Labute approximate surface area is 200 Å². The third-order valence-electron chi connectivity index (χ3n) is 6.31. The highest BCUT2D eigenvalue weighted by molar-refractivity contribution is 7.89. The van der Waals surface area contributed by atoms with Gasteiger partial charge in [-0.1, -0.05) is 35.9 Å². The Morgan fingerprint density at radius 1 is 1.15 bits per heavy atom. The van der Waals surface area contributed by atoms with Crippen LogP contribution in [0.2, 0.25) is 5.02 Å². The Morgan fingerprint density at radius 2 is 1.91 bits per heavy atom. The number of hydrogen-bond donors (Lipinski definition) is 1. The molecule has 2 aromatic rings. The van der Waals surface area contributed by atoms with Gasteiger partial charge in [0.25, 0.3) is 5.91 Å². The fourth-order valence-corrected chi connectivity index (χ4v) is 5.84. The summed E-state index contributed by atoms with van der Waals surface area (Å²) in [5, 5.41) is 0.0921. The molecule has 1 unspecified atom stereocenters. The van der Waals surface area contributed by atoms with Crippen LogP contribution < -0.4 is 4.72 Å². The van der Waals surface area contributed by atoms with E-state index in [1.165, 1.54) is 23.3 Å². The van der Waals surface area contributed by atoms with Crippen molar-refractivity contribution in [2.45, 2.75) is 37.3 Å². The van der Waals surface area contributed by atoms with Gasteiger partial charge in [0, 0.05) is 51.4 Å². The molecule has 2 aliphatic rings. The van der Waals surface area contributed by atoms with Crippen LogP contribution in [-0.2, 0) is 21.3 Å². The molecular weight excluding hydrogens is 462 g/mol. The van der Waals surface area contributed by atoms with Crippen molar-refractivity contribution < 1.29 is 17.9 Å². The van der Waals surface area contributed by atoms with E-state index in [1.54, 1.807) is 11.0 Å². The van der Waals surface area contributed by atoms with Crippen molar-refractivity contribution in [2.24, 2.45) is 0 Å². The monoisotopic (exact) mass is 491 g/mol. The SMILES string of the molecule is Cc1ccccc1CN1CCN(C(=O)c2ccc(Cl)c(S(=O)(=O)NCC3CCCO3)c2)CC1. The number of carbonyl (C=O) groups excluding carboxylic acids is 1. The van der Waals surface area contributed by atoms with Gasteiger partial charge in [-0.2, -0.15) is 0 Å². The second-order valence-corrected chi connectivity index (χ2v) is 10.8. The molecule has 0 spiro atoms. The summed E-state index contributed by atoms with van der Waals surface area (Å²) in [4.78, 5) is 17.1. The zero-order valence-corrected chi connectivity index (χ0v) is 20.4. The summed E-state index contributed by atoms with van der Waals surface area (Å²) in [5.74, 6) is -0.183. The molecule has 2 aromatic carbocycles. The van der Waals surface area contributed by atoms with Crippen molar-refractivity contribution in [3.8, 4) is 0 Å². The minimum absolute atomic E-state index is 0.0776. The van der Waals surface area contributed by atoms with Crippen LogP contribution >= 0.6 is 11.6 Å². The molecule has 0 saturated carbocycles. The van der Waals surface area contributed by atoms with Gasteiger partial charge in [-0.3, -0.25) is 9.69 Å². The third kappa shape index (κ3) is 5.94. The fourth-order valence-electron chi connectivity index (χ4n) is 4.25. The molecule has 7 nitrogen and oxygen atoms in total. The van der Waals surface area contributed by atoms with Gasteiger partial charge in [0.2, 0.25) is 10.0 Å². The zero-order valence-electron chi connectivity index (χ0n) is 18.8. The summed E-state index contributed by atoms with van der Waals surface area (Å²) in [5.41, 5.74) is 2.88. The molecule has 9 heteroatoms. The van der Waals surface area contributed by atoms with Gasteiger partial charge < -0.3 is 9.64 Å². The summed E-state index contributed by atoms with van der Waals surface area (Å²) < 4.78 is 33.7. The van der Waals surface area contributed by atoms with Gasteiger partial charge in [0.15, 0.2) is 0 Å². The van der Waals surface area contributed by atoms with Crippen molar-refractivity contribution in [3.63, 3.8) is 0 Å². The third-order valence-corrected chi connectivity index (χ3v) is 8.21. The molecule has 2 fully saturated rings. The molecule has 2 saturated heterocycles. The summed E-state index contributed by atoms with van der Waals surface area (Å²) in [6.45, 7) is 6.52. The van der Waals surface area contributed by atoms with Gasteiger partial charge in [0.1, 0.15) is 4.90 Å². The number of nitrogens with one attached hydrogen (secondary N) is 1. The van der Waals surface area contributed by atoms with Crippen LogP contribution in [-0.4, -0.2) is 69.6 Å². The Bertz CT molecular complexity index is 1090. The first-order valence-electron chi connectivity index (χ1n) is 11.3. The lowest BCUT2D eigenvalue weighted by molar-refractivity contribution is 0.0628. The quantitative estimate of drug-likeness (QED) is 0.644. The molecule has 1 atom stereocenters. The first-order chi connectivity index (χ1) is 15.8. The lowest BCUT2D eigenvalue weighted by Gasteiger charge is -2.35. The average Bonchev–Trinajstić information content (AvgIpc) is 3.33. The van der Waals surface area contributed by atoms with Crippen LogP contribution in [0.3, 0.4) is 0 Å². The number of hydrogen-bond acceptors (Lipinski definition) is 5. The summed E-state index contributed by atoms with van der Waals surface area (Å²) in [6, 6.07) is 12.8. The maximum Gasteiger partial charge on any atom is 0.253 e. The first-order valence-corrected chi connectivity index (χ1v) is 13.2. The fraction of sp³-hybridized carbons (Fsp3) is 0.458. The van der Waals surface area contributed by atoms with Crippen molar-refractivity contribution in [3.05, 3.63) is 64.2 Å². The predicted molar refractivity (Wildman–Crippen MR) is 128 cm³/mol. The van der Waals surface area contributed by atoms with E-state index in [2.05, 4.69) is 28.7 Å². The maximum absolute atomic E-state index is 13.1. The Balaban J connectivity index is 1.39. The number of amides is 1. The van der Waals surface area contributed by atoms with E-state index in [-0.39, 0.29) is 28.5 Å². The van der Waals surface area contributed by atoms with Gasteiger partial charge in [-0.15, -0.1) is 0 Å². The maximum atomic E-state index is 13.1. The molecular formula is C24H30ClN3O4S. The van der Waals surface area contributed by atoms with Crippen LogP contribution in [0.1, 0.15) is 34.3 Å². The van der Waals surface area contributed by atoms with E-state index in [9.17, 15) is 13.2 Å². The molecule has 0 radical (unpaired) electrons. The number of halogens is 1. The number of sulfonamides is 1. The van der Waals surface area contributed by atoms with E-state index in [0.717, 1.165) is 32.5 Å². The van der Waals surface area contributed by atoms with E-state index in [0.29, 0.717) is 25.3 Å². The molecule has 0 aromatic heterocycles. The van der Waals surface area contributed by atoms with E-state index in [4.69, 9.17) is 16.3 Å². The summed E-state index contributed by atoms with van der Waals surface area (Å²) in [6.07, 6.45) is 1.62. The van der Waals surface area contributed by atoms with Crippen molar-refractivity contribution >= 4 is 27.5 Å². The molecule has 1 amide bonds. The number of ether oxygens (including phenoxy) is 1. The molecule has 0 bridgehead atoms. The lowest BCUT2D eigenvalue weighted by Crippen LogP contribution is -2.48. The minimum Gasteiger partial charge on any atom is -0.377 e. The van der Waals surface area contributed by atoms with Crippen LogP contribution in [0, 0.1) is 6.92 Å². The van der Waals surface area contributed by atoms with Crippen LogP contribution in [0.4, 0.5) is 0 Å². The second-order valence-electron chi connectivity index (χ2n) is 8.63. The van der Waals surface area contributed by atoms with Gasteiger partial charge >= 0.3 is 0 Å². The molecule has 4 rings (SSSR count). The summed E-state index contributed by atoms with van der Waals surface area (Å²) in [7, 11) is -3.85. The first kappa shape index (κ1) is 24.2. The Kier molecular flexibility index (Phi) is 7.71. The highest BCUT2D eigenvalue weighted by Gasteiger charge is 2.26.